The molecule has 0 saturated carbocycles. The summed E-state index contributed by atoms with van der Waals surface area (Å²) >= 11 is 0. The standard InChI is InChI=1S/C11H15FN2O2/c1-2-14-11(16)9(13)10(15)7-3-5-8(12)6-4-7/h3-6,9-10,15H,2,13H2,1H3,(H,14,16). The molecule has 4 N–H and O–H groups in total. The fraction of sp³-hybridized carbons (Fsp3) is 0.364. The van der Waals surface area contributed by atoms with E-state index in [-0.39, 0.29) is 0 Å². The highest BCUT2D eigenvalue weighted by Crippen LogP contribution is 2.16. The molecule has 0 spiro atoms. The van der Waals surface area contributed by atoms with Gasteiger partial charge >= 0.3 is 0 Å². The monoisotopic (exact) mass is 226 g/mol. The van der Waals surface area contributed by atoms with E-state index in [4.69, 9.17) is 5.73 Å². The SMILES string of the molecule is CCNC(=O)C(N)C(O)c1ccc(F)cc1. The van der Waals surface area contributed by atoms with E-state index in [1.165, 1.54) is 24.3 Å². The number of aliphatic hydroxyl groups excluding tert-OH is 1. The van der Waals surface area contributed by atoms with Gasteiger partial charge in [0.15, 0.2) is 0 Å². The van der Waals surface area contributed by atoms with Crippen LogP contribution in [0.3, 0.4) is 0 Å². The molecule has 0 saturated heterocycles. The van der Waals surface area contributed by atoms with Crippen molar-refractivity contribution in [1.82, 2.24) is 5.32 Å². The second-order valence-corrected chi connectivity index (χ2v) is 3.42. The van der Waals surface area contributed by atoms with Gasteiger partial charge in [0.25, 0.3) is 0 Å². The summed E-state index contributed by atoms with van der Waals surface area (Å²) in [5.41, 5.74) is 5.98. The lowest BCUT2D eigenvalue weighted by Crippen LogP contribution is -2.44. The van der Waals surface area contributed by atoms with E-state index < -0.39 is 23.9 Å². The quantitative estimate of drug-likeness (QED) is 0.692. The molecule has 16 heavy (non-hydrogen) atoms. The van der Waals surface area contributed by atoms with Gasteiger partial charge in [-0.3, -0.25) is 4.79 Å². The molecule has 0 heterocycles. The molecule has 0 aliphatic rings. The van der Waals surface area contributed by atoms with Crippen molar-refractivity contribution in [1.29, 1.82) is 0 Å². The summed E-state index contributed by atoms with van der Waals surface area (Å²) in [7, 11) is 0. The number of carbonyl (C=O) groups excluding carboxylic acids is 1. The van der Waals surface area contributed by atoms with Crippen LogP contribution in [-0.2, 0) is 4.79 Å². The van der Waals surface area contributed by atoms with Gasteiger partial charge in [0.05, 0.1) is 0 Å². The maximum absolute atomic E-state index is 12.6. The Kier molecular flexibility index (Phi) is 4.39. The summed E-state index contributed by atoms with van der Waals surface area (Å²) in [6.45, 7) is 2.21. The minimum absolute atomic E-state index is 0.400. The number of carbonyl (C=O) groups is 1. The van der Waals surface area contributed by atoms with Crippen molar-refractivity contribution in [2.75, 3.05) is 6.54 Å². The van der Waals surface area contributed by atoms with E-state index in [0.717, 1.165) is 0 Å². The van der Waals surface area contributed by atoms with Crippen molar-refractivity contribution in [2.45, 2.75) is 19.1 Å². The number of benzene rings is 1. The number of rotatable bonds is 4. The lowest BCUT2D eigenvalue weighted by molar-refractivity contribution is -0.124. The Hall–Kier alpha value is -1.46. The number of nitrogens with one attached hydrogen (secondary N) is 1. The fourth-order valence-corrected chi connectivity index (χ4v) is 1.30. The lowest BCUT2D eigenvalue weighted by atomic mass is 10.0. The first-order chi connectivity index (χ1) is 7.56. The number of hydrogen-bond acceptors (Lipinski definition) is 3. The van der Waals surface area contributed by atoms with Crippen molar-refractivity contribution in [3.63, 3.8) is 0 Å². The predicted molar refractivity (Wildman–Crippen MR) is 58.0 cm³/mol. The predicted octanol–water partition coefficient (Wildman–Crippen LogP) is 0.323. The lowest BCUT2D eigenvalue weighted by Gasteiger charge is -2.18. The van der Waals surface area contributed by atoms with Gasteiger partial charge in [-0.2, -0.15) is 0 Å². The van der Waals surface area contributed by atoms with Crippen LogP contribution < -0.4 is 11.1 Å². The Bertz CT molecular complexity index is 354. The average molecular weight is 226 g/mol. The van der Waals surface area contributed by atoms with Crippen LogP contribution in [0.1, 0.15) is 18.6 Å². The number of aliphatic hydroxyl groups is 1. The number of likely N-dealkylation sites (N-methyl/N-ethyl adjacent to an activating group) is 1. The summed E-state index contributed by atoms with van der Waals surface area (Å²) in [5, 5.41) is 12.3. The second kappa shape index (κ2) is 5.58. The summed E-state index contributed by atoms with van der Waals surface area (Å²) in [4.78, 5) is 11.4. The van der Waals surface area contributed by atoms with Gasteiger partial charge in [-0.25, -0.2) is 4.39 Å². The largest absolute Gasteiger partial charge is 0.386 e. The Morgan fingerprint density at radius 1 is 1.50 bits per heavy atom. The van der Waals surface area contributed by atoms with Gasteiger partial charge in [0, 0.05) is 6.54 Å². The Morgan fingerprint density at radius 2 is 2.06 bits per heavy atom. The molecule has 4 nitrogen and oxygen atoms in total. The van der Waals surface area contributed by atoms with Crippen LogP contribution in [0.5, 0.6) is 0 Å². The molecule has 0 aliphatic carbocycles. The minimum Gasteiger partial charge on any atom is -0.386 e. The first kappa shape index (κ1) is 12.6. The first-order valence-electron chi connectivity index (χ1n) is 5.03. The van der Waals surface area contributed by atoms with E-state index in [1.54, 1.807) is 6.92 Å². The number of hydrogen-bond donors (Lipinski definition) is 3. The van der Waals surface area contributed by atoms with Gasteiger partial charge < -0.3 is 16.2 Å². The molecule has 5 heteroatoms. The zero-order chi connectivity index (χ0) is 12.1. The van der Waals surface area contributed by atoms with Crippen LogP contribution in [0.4, 0.5) is 4.39 Å². The molecule has 0 aliphatic heterocycles. The fourth-order valence-electron chi connectivity index (χ4n) is 1.30. The van der Waals surface area contributed by atoms with Gasteiger partial charge in [-0.15, -0.1) is 0 Å². The smallest absolute Gasteiger partial charge is 0.239 e. The Balaban J connectivity index is 2.73. The number of amides is 1. The summed E-state index contributed by atoms with van der Waals surface area (Å²) in [5.74, 6) is -0.832. The molecular weight excluding hydrogens is 211 g/mol. The van der Waals surface area contributed by atoms with Crippen molar-refractivity contribution in [3.8, 4) is 0 Å². The number of halogens is 1. The van der Waals surface area contributed by atoms with Gasteiger partial charge in [-0.1, -0.05) is 12.1 Å². The van der Waals surface area contributed by atoms with E-state index in [9.17, 15) is 14.3 Å². The van der Waals surface area contributed by atoms with Crippen molar-refractivity contribution < 1.29 is 14.3 Å². The van der Waals surface area contributed by atoms with Crippen molar-refractivity contribution in [3.05, 3.63) is 35.6 Å². The van der Waals surface area contributed by atoms with E-state index in [1.807, 2.05) is 0 Å². The molecule has 1 rings (SSSR count). The molecule has 88 valence electrons. The first-order valence-corrected chi connectivity index (χ1v) is 5.03. The number of nitrogens with two attached hydrogens (primary N) is 1. The zero-order valence-corrected chi connectivity index (χ0v) is 8.98. The molecule has 0 fully saturated rings. The molecule has 1 aromatic rings. The molecule has 2 atom stereocenters. The molecule has 2 unspecified atom stereocenters. The Labute approximate surface area is 93.3 Å². The molecular formula is C11H15FN2O2. The highest BCUT2D eigenvalue weighted by atomic mass is 19.1. The van der Waals surface area contributed by atoms with Gasteiger partial charge in [-0.05, 0) is 24.6 Å². The van der Waals surface area contributed by atoms with Crippen LogP contribution in [0.15, 0.2) is 24.3 Å². The summed E-state index contributed by atoms with van der Waals surface area (Å²) in [6, 6.07) is 4.18. The van der Waals surface area contributed by atoms with Crippen LogP contribution in [0, 0.1) is 5.82 Å². The van der Waals surface area contributed by atoms with Crippen LogP contribution in [-0.4, -0.2) is 23.6 Å². The molecule has 0 aromatic heterocycles. The third-order valence-electron chi connectivity index (χ3n) is 2.21. The van der Waals surface area contributed by atoms with Crippen molar-refractivity contribution in [2.24, 2.45) is 5.73 Å². The maximum atomic E-state index is 12.6. The van der Waals surface area contributed by atoms with Crippen LogP contribution in [0.25, 0.3) is 0 Å². The Morgan fingerprint density at radius 3 is 2.56 bits per heavy atom. The van der Waals surface area contributed by atoms with Crippen LogP contribution >= 0.6 is 0 Å². The average Bonchev–Trinajstić information content (AvgIpc) is 2.28. The maximum Gasteiger partial charge on any atom is 0.239 e. The summed E-state index contributed by atoms with van der Waals surface area (Å²) in [6.07, 6.45) is -1.13. The van der Waals surface area contributed by atoms with E-state index >= 15 is 0 Å². The molecule has 1 aromatic carbocycles. The van der Waals surface area contributed by atoms with Gasteiger partial charge in [0.1, 0.15) is 18.0 Å². The zero-order valence-electron chi connectivity index (χ0n) is 8.98. The third-order valence-corrected chi connectivity index (χ3v) is 2.21. The topological polar surface area (TPSA) is 75.4 Å². The second-order valence-electron chi connectivity index (χ2n) is 3.42. The highest BCUT2D eigenvalue weighted by molar-refractivity contribution is 5.82. The molecule has 0 bridgehead atoms. The van der Waals surface area contributed by atoms with Gasteiger partial charge in [0.2, 0.25) is 5.91 Å². The molecule has 1 amide bonds. The van der Waals surface area contributed by atoms with Crippen LogP contribution in [0.2, 0.25) is 0 Å². The van der Waals surface area contributed by atoms with E-state index in [0.29, 0.717) is 12.1 Å². The highest BCUT2D eigenvalue weighted by Gasteiger charge is 2.23. The van der Waals surface area contributed by atoms with E-state index in [2.05, 4.69) is 5.32 Å². The third kappa shape index (κ3) is 3.01. The minimum atomic E-state index is -1.13. The van der Waals surface area contributed by atoms with Crippen molar-refractivity contribution >= 4 is 5.91 Å². The normalized spacial score (nSPS) is 14.2. The summed E-state index contributed by atoms with van der Waals surface area (Å²) < 4.78 is 12.6. The molecule has 0 radical (unpaired) electrons.